The topological polar surface area (TPSA) is 52.6 Å². The molecule has 0 aliphatic rings. The summed E-state index contributed by atoms with van der Waals surface area (Å²) in [5, 5.41) is 12.1. The van der Waals surface area contributed by atoms with E-state index in [4.69, 9.17) is 5.11 Å². The number of amides is 1. The molecule has 1 amide bonds. The Morgan fingerprint density at radius 3 is 2.43 bits per heavy atom. The molecule has 0 rings (SSSR count). The van der Waals surface area contributed by atoms with Gasteiger partial charge in [-0.3, -0.25) is 4.79 Å². The lowest BCUT2D eigenvalue weighted by Crippen LogP contribution is -2.34. The lowest BCUT2D eigenvalue weighted by molar-refractivity contribution is -0.128. The summed E-state index contributed by atoms with van der Waals surface area (Å²) in [6.07, 6.45) is 0.508. The van der Waals surface area contributed by atoms with Gasteiger partial charge in [0.2, 0.25) is 5.91 Å². The molecule has 0 aliphatic carbocycles. The Bertz CT molecular complexity index is 179. The van der Waals surface area contributed by atoms with Crippen LogP contribution in [0.3, 0.4) is 0 Å². The third-order valence-corrected chi connectivity index (χ3v) is 2.05. The maximum absolute atomic E-state index is 11.2. The van der Waals surface area contributed by atoms with E-state index < -0.39 is 0 Å². The number of hydrogen-bond donors (Lipinski definition) is 2. The second-order valence-electron chi connectivity index (χ2n) is 4.54. The van der Waals surface area contributed by atoms with Gasteiger partial charge in [-0.25, -0.2) is 0 Å². The molecule has 0 bridgehead atoms. The molecule has 0 heterocycles. The summed E-state index contributed by atoms with van der Waals surface area (Å²) in [7, 11) is 3.50. The van der Waals surface area contributed by atoms with E-state index in [0.29, 0.717) is 13.0 Å². The van der Waals surface area contributed by atoms with Crippen molar-refractivity contribution in [3.05, 3.63) is 0 Å². The number of hydrogen-bond acceptors (Lipinski definition) is 3. The first kappa shape index (κ1) is 13.4. The van der Waals surface area contributed by atoms with Gasteiger partial charge in [-0.05, 0) is 0 Å². The van der Waals surface area contributed by atoms with Crippen LogP contribution in [0.1, 0.15) is 20.3 Å². The predicted molar refractivity (Wildman–Crippen MR) is 57.0 cm³/mol. The fourth-order valence-electron chi connectivity index (χ4n) is 0.902. The molecule has 0 aromatic carbocycles. The minimum atomic E-state index is -0.110. The van der Waals surface area contributed by atoms with Crippen molar-refractivity contribution < 1.29 is 9.90 Å². The van der Waals surface area contributed by atoms with E-state index in [2.05, 4.69) is 5.32 Å². The summed E-state index contributed by atoms with van der Waals surface area (Å²) in [6.45, 7) is 5.51. The van der Waals surface area contributed by atoms with Gasteiger partial charge in [0, 0.05) is 45.6 Å². The zero-order chi connectivity index (χ0) is 11.2. The average Bonchev–Trinajstić information content (AvgIpc) is 2.12. The zero-order valence-electron chi connectivity index (χ0n) is 9.63. The monoisotopic (exact) mass is 202 g/mol. The molecule has 84 valence electrons. The Hall–Kier alpha value is -0.610. The first-order valence-electron chi connectivity index (χ1n) is 4.91. The van der Waals surface area contributed by atoms with Crippen LogP contribution in [0.2, 0.25) is 0 Å². The molecule has 0 atom stereocenters. The van der Waals surface area contributed by atoms with Crippen LogP contribution >= 0.6 is 0 Å². The molecule has 2 N–H and O–H groups in total. The van der Waals surface area contributed by atoms with Crippen LogP contribution in [-0.4, -0.2) is 49.7 Å². The van der Waals surface area contributed by atoms with Crippen molar-refractivity contribution in [2.75, 3.05) is 33.8 Å². The van der Waals surface area contributed by atoms with E-state index in [1.165, 1.54) is 0 Å². The smallest absolute Gasteiger partial charge is 0.223 e. The number of rotatable bonds is 6. The number of aliphatic hydroxyl groups is 1. The molecule has 0 spiro atoms. The summed E-state index contributed by atoms with van der Waals surface area (Å²) in [5.41, 5.74) is -0.110. The third-order valence-electron chi connectivity index (χ3n) is 2.05. The largest absolute Gasteiger partial charge is 0.396 e. The maximum atomic E-state index is 11.2. The summed E-state index contributed by atoms with van der Waals surface area (Å²) in [5.74, 6) is 0.124. The fourth-order valence-corrected chi connectivity index (χ4v) is 0.902. The minimum Gasteiger partial charge on any atom is -0.396 e. The van der Waals surface area contributed by atoms with Crippen LogP contribution in [-0.2, 0) is 4.79 Å². The average molecular weight is 202 g/mol. The highest BCUT2D eigenvalue weighted by Gasteiger charge is 2.15. The van der Waals surface area contributed by atoms with Gasteiger partial charge in [0.1, 0.15) is 0 Å². The fraction of sp³-hybridized carbons (Fsp3) is 0.900. The molecule has 0 aliphatic heterocycles. The third kappa shape index (κ3) is 5.94. The van der Waals surface area contributed by atoms with E-state index >= 15 is 0 Å². The predicted octanol–water partition coefficient (Wildman–Crippen LogP) is 0.0728. The Morgan fingerprint density at radius 2 is 2.00 bits per heavy atom. The first-order valence-corrected chi connectivity index (χ1v) is 4.91. The summed E-state index contributed by atoms with van der Waals surface area (Å²) in [4.78, 5) is 12.8. The van der Waals surface area contributed by atoms with Crippen LogP contribution < -0.4 is 5.32 Å². The van der Waals surface area contributed by atoms with Crippen LogP contribution in [0.5, 0.6) is 0 Å². The minimum absolute atomic E-state index is 0.110. The van der Waals surface area contributed by atoms with Crippen molar-refractivity contribution >= 4 is 5.91 Å². The molecule has 0 unspecified atom stereocenters. The van der Waals surface area contributed by atoms with Gasteiger partial charge in [-0.15, -0.1) is 0 Å². The number of nitrogens with zero attached hydrogens (tertiary/aromatic N) is 1. The van der Waals surface area contributed by atoms with Gasteiger partial charge in [0.05, 0.1) is 0 Å². The molecule has 0 radical (unpaired) electrons. The maximum Gasteiger partial charge on any atom is 0.223 e. The van der Waals surface area contributed by atoms with Crippen molar-refractivity contribution in [3.63, 3.8) is 0 Å². The van der Waals surface area contributed by atoms with Gasteiger partial charge >= 0.3 is 0 Å². The molecular formula is C10H22N2O2. The van der Waals surface area contributed by atoms with E-state index in [1.54, 1.807) is 19.0 Å². The van der Waals surface area contributed by atoms with Crippen LogP contribution in [0, 0.1) is 5.41 Å². The quantitative estimate of drug-likeness (QED) is 0.599. The Kier molecular flexibility index (Phi) is 5.72. The van der Waals surface area contributed by atoms with Crippen molar-refractivity contribution in [2.45, 2.75) is 20.3 Å². The first-order chi connectivity index (χ1) is 6.39. The van der Waals surface area contributed by atoms with Crippen molar-refractivity contribution in [1.29, 1.82) is 0 Å². The number of nitrogens with one attached hydrogen (secondary N) is 1. The lowest BCUT2D eigenvalue weighted by Gasteiger charge is -2.22. The van der Waals surface area contributed by atoms with Crippen LogP contribution in [0.4, 0.5) is 0 Å². The second kappa shape index (κ2) is 5.98. The molecule has 14 heavy (non-hydrogen) atoms. The lowest BCUT2D eigenvalue weighted by atomic mass is 9.95. The molecule has 0 saturated carbocycles. The van der Waals surface area contributed by atoms with E-state index in [1.807, 2.05) is 13.8 Å². The van der Waals surface area contributed by atoms with Crippen molar-refractivity contribution in [3.8, 4) is 0 Å². The highest BCUT2D eigenvalue weighted by Crippen LogP contribution is 2.10. The van der Waals surface area contributed by atoms with E-state index in [0.717, 1.165) is 6.54 Å². The van der Waals surface area contributed by atoms with E-state index in [-0.39, 0.29) is 17.9 Å². The van der Waals surface area contributed by atoms with Gasteiger partial charge in [0.25, 0.3) is 0 Å². The Balaban J connectivity index is 3.52. The molecule has 0 aromatic heterocycles. The highest BCUT2D eigenvalue weighted by molar-refractivity contribution is 5.75. The van der Waals surface area contributed by atoms with E-state index in [9.17, 15) is 4.79 Å². The van der Waals surface area contributed by atoms with Gasteiger partial charge in [-0.1, -0.05) is 13.8 Å². The number of aliphatic hydroxyl groups excluding tert-OH is 1. The van der Waals surface area contributed by atoms with Gasteiger partial charge in [-0.2, -0.15) is 0 Å². The van der Waals surface area contributed by atoms with Gasteiger partial charge in [0.15, 0.2) is 0 Å². The standard InChI is InChI=1S/C10H22N2O2/c1-10(2,8-13)7-11-6-5-9(14)12(3)4/h11,13H,5-8H2,1-4H3. The molecule has 0 aromatic rings. The highest BCUT2D eigenvalue weighted by atomic mass is 16.3. The molecule has 4 heteroatoms. The SMILES string of the molecule is CN(C)C(=O)CCNCC(C)(C)CO. The Labute approximate surface area is 86.3 Å². The van der Waals surface area contributed by atoms with Crippen LogP contribution in [0.15, 0.2) is 0 Å². The van der Waals surface area contributed by atoms with Crippen molar-refractivity contribution in [2.24, 2.45) is 5.41 Å². The van der Waals surface area contributed by atoms with Gasteiger partial charge < -0.3 is 15.3 Å². The molecular weight excluding hydrogens is 180 g/mol. The molecule has 0 fully saturated rings. The number of carbonyl (C=O) groups is 1. The summed E-state index contributed by atoms with van der Waals surface area (Å²) >= 11 is 0. The molecule has 0 saturated heterocycles. The summed E-state index contributed by atoms with van der Waals surface area (Å²) < 4.78 is 0. The van der Waals surface area contributed by atoms with Crippen LogP contribution in [0.25, 0.3) is 0 Å². The normalized spacial score (nSPS) is 11.5. The Morgan fingerprint density at radius 1 is 1.43 bits per heavy atom. The molecule has 4 nitrogen and oxygen atoms in total. The zero-order valence-corrected chi connectivity index (χ0v) is 9.63. The summed E-state index contributed by atoms with van der Waals surface area (Å²) in [6, 6.07) is 0. The second-order valence-corrected chi connectivity index (χ2v) is 4.54. The van der Waals surface area contributed by atoms with Crippen molar-refractivity contribution in [1.82, 2.24) is 10.2 Å². The number of carbonyl (C=O) groups excluding carboxylic acids is 1.